The fourth-order valence-corrected chi connectivity index (χ4v) is 4.70. The second-order valence-electron chi connectivity index (χ2n) is 7.27. The maximum atomic E-state index is 12.8. The molecule has 2 atom stereocenters. The Bertz CT molecular complexity index is 535. The van der Waals surface area contributed by atoms with Crippen molar-refractivity contribution in [3.05, 3.63) is 11.9 Å². The van der Waals surface area contributed by atoms with Crippen LogP contribution >= 0.6 is 0 Å². The molecule has 1 aromatic rings. The molecule has 1 aromatic heterocycles. The largest absolute Gasteiger partial charge is 0.334 e. The molecule has 0 spiro atoms. The Kier molecular flexibility index (Phi) is 3.89. The van der Waals surface area contributed by atoms with Crippen molar-refractivity contribution in [1.82, 2.24) is 19.9 Å². The summed E-state index contributed by atoms with van der Waals surface area (Å²) in [5, 5.41) is 8.45. The van der Waals surface area contributed by atoms with E-state index >= 15 is 0 Å². The summed E-state index contributed by atoms with van der Waals surface area (Å²) in [5.41, 5.74) is 0.553. The lowest BCUT2D eigenvalue weighted by Gasteiger charge is -2.31. The summed E-state index contributed by atoms with van der Waals surface area (Å²) >= 11 is 0. The van der Waals surface area contributed by atoms with Gasteiger partial charge in [0.15, 0.2) is 5.69 Å². The zero-order chi connectivity index (χ0) is 14.9. The van der Waals surface area contributed by atoms with Crippen molar-refractivity contribution in [3.8, 4) is 0 Å². The van der Waals surface area contributed by atoms with Gasteiger partial charge in [0, 0.05) is 12.6 Å². The number of hydrogen-bond donors (Lipinski definition) is 0. The first kappa shape index (κ1) is 14.2. The van der Waals surface area contributed by atoms with Crippen molar-refractivity contribution < 1.29 is 4.79 Å². The number of hydrogen-bond acceptors (Lipinski definition) is 3. The van der Waals surface area contributed by atoms with E-state index in [1.165, 1.54) is 64.2 Å². The van der Waals surface area contributed by atoms with Crippen LogP contribution in [0.15, 0.2) is 6.20 Å². The fraction of sp³-hybridized carbons (Fsp3) is 0.824. The number of carbonyl (C=O) groups excluding carboxylic acids is 1. The monoisotopic (exact) mass is 302 g/mol. The average Bonchev–Trinajstić information content (AvgIpc) is 3.22. The first-order valence-electron chi connectivity index (χ1n) is 9.06. The quantitative estimate of drug-likeness (QED) is 0.843. The molecule has 0 bridgehead atoms. The van der Waals surface area contributed by atoms with Gasteiger partial charge in [-0.3, -0.25) is 4.79 Å². The molecule has 0 N–H and O–H groups in total. The van der Waals surface area contributed by atoms with Crippen molar-refractivity contribution in [2.45, 2.75) is 76.3 Å². The van der Waals surface area contributed by atoms with Crippen LogP contribution < -0.4 is 0 Å². The second-order valence-corrected chi connectivity index (χ2v) is 7.27. The topological polar surface area (TPSA) is 51.0 Å². The molecule has 3 fully saturated rings. The van der Waals surface area contributed by atoms with Crippen LogP contribution in [-0.4, -0.2) is 38.4 Å². The molecule has 0 unspecified atom stereocenters. The summed E-state index contributed by atoms with van der Waals surface area (Å²) in [6, 6.07) is 0.907. The SMILES string of the molecule is O=C(c1cn(C2CCCCC2)nn1)N1CC[C@H]2CCCC[C@@H]21. The van der Waals surface area contributed by atoms with E-state index in [0.29, 0.717) is 17.8 Å². The van der Waals surface area contributed by atoms with Crippen LogP contribution in [0.1, 0.15) is 80.7 Å². The summed E-state index contributed by atoms with van der Waals surface area (Å²) in [6.07, 6.45) is 14.3. The number of aromatic nitrogens is 3. The Labute approximate surface area is 132 Å². The standard InChI is InChI=1S/C17H26N4O/c22-17(20-11-10-13-6-4-5-9-16(13)20)15-12-21(19-18-15)14-7-2-1-3-8-14/h12-14,16H,1-11H2/t13-,16+/m1/s1. The van der Waals surface area contributed by atoms with Crippen molar-refractivity contribution in [2.75, 3.05) is 6.54 Å². The third-order valence-corrected chi connectivity index (χ3v) is 5.95. The van der Waals surface area contributed by atoms with Crippen molar-refractivity contribution in [2.24, 2.45) is 5.92 Å². The van der Waals surface area contributed by atoms with E-state index in [9.17, 15) is 4.79 Å². The van der Waals surface area contributed by atoms with Crippen LogP contribution in [0, 0.1) is 5.92 Å². The minimum absolute atomic E-state index is 0.108. The molecule has 1 saturated heterocycles. The van der Waals surface area contributed by atoms with Crippen LogP contribution in [0.5, 0.6) is 0 Å². The molecule has 4 rings (SSSR count). The van der Waals surface area contributed by atoms with Crippen molar-refractivity contribution >= 4 is 5.91 Å². The van der Waals surface area contributed by atoms with Crippen molar-refractivity contribution in [1.29, 1.82) is 0 Å². The first-order valence-corrected chi connectivity index (χ1v) is 9.06. The van der Waals surface area contributed by atoms with E-state index in [4.69, 9.17) is 0 Å². The molecule has 0 radical (unpaired) electrons. The number of likely N-dealkylation sites (tertiary alicyclic amines) is 1. The lowest BCUT2D eigenvalue weighted by atomic mass is 9.85. The normalized spacial score (nSPS) is 29.5. The molecular weight excluding hydrogens is 276 g/mol. The highest BCUT2D eigenvalue weighted by molar-refractivity contribution is 5.92. The lowest BCUT2D eigenvalue weighted by molar-refractivity contribution is 0.0684. The summed E-state index contributed by atoms with van der Waals surface area (Å²) in [5.74, 6) is 0.836. The number of amides is 1. The zero-order valence-corrected chi connectivity index (χ0v) is 13.3. The molecule has 1 aliphatic heterocycles. The molecule has 2 heterocycles. The van der Waals surface area contributed by atoms with E-state index in [0.717, 1.165) is 12.5 Å². The summed E-state index contributed by atoms with van der Waals surface area (Å²) < 4.78 is 1.95. The van der Waals surface area contributed by atoms with Crippen molar-refractivity contribution in [3.63, 3.8) is 0 Å². The highest BCUT2D eigenvalue weighted by Crippen LogP contribution is 2.36. The van der Waals surface area contributed by atoms with Gasteiger partial charge in [-0.05, 0) is 38.0 Å². The molecule has 2 saturated carbocycles. The molecule has 5 heteroatoms. The Balaban J connectivity index is 1.47. The average molecular weight is 302 g/mol. The summed E-state index contributed by atoms with van der Waals surface area (Å²) in [7, 11) is 0. The molecule has 5 nitrogen and oxygen atoms in total. The number of carbonyl (C=O) groups is 1. The van der Waals surface area contributed by atoms with Gasteiger partial charge in [0.2, 0.25) is 0 Å². The smallest absolute Gasteiger partial charge is 0.276 e. The highest BCUT2D eigenvalue weighted by Gasteiger charge is 2.39. The molecule has 2 aliphatic carbocycles. The highest BCUT2D eigenvalue weighted by atomic mass is 16.2. The van der Waals surface area contributed by atoms with Crippen LogP contribution in [0.2, 0.25) is 0 Å². The van der Waals surface area contributed by atoms with E-state index in [-0.39, 0.29) is 5.91 Å². The van der Waals surface area contributed by atoms with E-state index in [1.807, 2.05) is 10.9 Å². The fourth-order valence-electron chi connectivity index (χ4n) is 4.70. The van der Waals surface area contributed by atoms with Gasteiger partial charge in [-0.25, -0.2) is 4.68 Å². The zero-order valence-electron chi connectivity index (χ0n) is 13.3. The molecule has 22 heavy (non-hydrogen) atoms. The van der Waals surface area contributed by atoms with Crippen LogP contribution in [0.4, 0.5) is 0 Å². The van der Waals surface area contributed by atoms with E-state index in [2.05, 4.69) is 15.2 Å². The Morgan fingerprint density at radius 3 is 2.64 bits per heavy atom. The maximum absolute atomic E-state index is 12.8. The van der Waals surface area contributed by atoms with Crippen LogP contribution in [0.25, 0.3) is 0 Å². The van der Waals surface area contributed by atoms with Crippen LogP contribution in [0.3, 0.4) is 0 Å². The summed E-state index contributed by atoms with van der Waals surface area (Å²) in [4.78, 5) is 14.9. The molecule has 1 amide bonds. The number of nitrogens with zero attached hydrogens (tertiary/aromatic N) is 4. The number of fused-ring (bicyclic) bond motifs is 1. The van der Waals surface area contributed by atoms with Gasteiger partial charge in [-0.1, -0.05) is 37.3 Å². The van der Waals surface area contributed by atoms with E-state index in [1.54, 1.807) is 0 Å². The predicted molar refractivity (Wildman–Crippen MR) is 83.5 cm³/mol. The summed E-state index contributed by atoms with van der Waals surface area (Å²) in [6.45, 7) is 0.907. The van der Waals surface area contributed by atoms with Gasteiger partial charge in [-0.2, -0.15) is 0 Å². The first-order chi connectivity index (χ1) is 10.8. The maximum Gasteiger partial charge on any atom is 0.276 e. The second kappa shape index (κ2) is 6.01. The van der Waals surface area contributed by atoms with Gasteiger partial charge in [0.25, 0.3) is 5.91 Å². The van der Waals surface area contributed by atoms with Gasteiger partial charge >= 0.3 is 0 Å². The van der Waals surface area contributed by atoms with Gasteiger partial charge in [-0.15, -0.1) is 5.10 Å². The third kappa shape index (κ3) is 2.55. The Morgan fingerprint density at radius 2 is 1.77 bits per heavy atom. The van der Waals surface area contributed by atoms with Gasteiger partial charge in [0.05, 0.1) is 12.2 Å². The van der Waals surface area contributed by atoms with E-state index < -0.39 is 0 Å². The predicted octanol–water partition coefficient (Wildman–Crippen LogP) is 3.19. The molecule has 0 aromatic carbocycles. The van der Waals surface area contributed by atoms with Gasteiger partial charge in [0.1, 0.15) is 0 Å². The Morgan fingerprint density at radius 1 is 1.00 bits per heavy atom. The third-order valence-electron chi connectivity index (χ3n) is 5.95. The lowest BCUT2D eigenvalue weighted by Crippen LogP contribution is -2.39. The molecule has 3 aliphatic rings. The molecular formula is C17H26N4O. The minimum atomic E-state index is 0.108. The van der Waals surface area contributed by atoms with Gasteiger partial charge < -0.3 is 4.90 Å². The Hall–Kier alpha value is -1.39. The number of rotatable bonds is 2. The molecule has 120 valence electrons. The van der Waals surface area contributed by atoms with Crippen LogP contribution in [-0.2, 0) is 0 Å². The minimum Gasteiger partial charge on any atom is -0.334 e.